The van der Waals surface area contributed by atoms with Crippen LogP contribution < -0.4 is 0 Å². The molecule has 2 aromatic heterocycles. The molecule has 0 aliphatic rings. The van der Waals surface area contributed by atoms with Crippen LogP contribution in [0, 0.1) is 0 Å². The van der Waals surface area contributed by atoms with E-state index in [4.69, 9.17) is 11.6 Å². The smallest absolute Gasteiger partial charge is 0.0702 e. The molecule has 102 valence electrons. The molecule has 0 radical (unpaired) electrons. The molecule has 3 aromatic rings. The second-order valence-corrected chi connectivity index (χ2v) is 5.17. The lowest BCUT2D eigenvalue weighted by atomic mass is 10.2. The van der Waals surface area contributed by atoms with Crippen molar-refractivity contribution in [3.63, 3.8) is 0 Å². The summed E-state index contributed by atoms with van der Waals surface area (Å²) in [7, 11) is 0. The van der Waals surface area contributed by atoms with Gasteiger partial charge in [0.2, 0.25) is 0 Å². The van der Waals surface area contributed by atoms with Crippen LogP contribution in [0.15, 0.2) is 48.8 Å². The van der Waals surface area contributed by atoms with Gasteiger partial charge < -0.3 is 9.67 Å². The summed E-state index contributed by atoms with van der Waals surface area (Å²) in [4.78, 5) is 4.33. The van der Waals surface area contributed by atoms with Gasteiger partial charge in [0.05, 0.1) is 6.61 Å². The predicted octanol–water partition coefficient (Wildman–Crippen LogP) is 3.42. The molecule has 20 heavy (non-hydrogen) atoms. The maximum Gasteiger partial charge on any atom is 0.0702 e. The Morgan fingerprint density at radius 2 is 2.10 bits per heavy atom. The Bertz CT molecular complexity index is 722. The fourth-order valence-corrected chi connectivity index (χ4v) is 2.60. The second kappa shape index (κ2) is 5.65. The molecular formula is C16H15ClN2O. The largest absolute Gasteiger partial charge is 0.392 e. The van der Waals surface area contributed by atoms with Crippen LogP contribution in [0.1, 0.15) is 11.3 Å². The molecule has 2 heterocycles. The first-order valence-electron chi connectivity index (χ1n) is 6.56. The lowest BCUT2D eigenvalue weighted by Crippen LogP contribution is -2.01. The zero-order valence-electron chi connectivity index (χ0n) is 11.0. The van der Waals surface area contributed by atoms with E-state index in [2.05, 4.69) is 9.55 Å². The van der Waals surface area contributed by atoms with E-state index < -0.39 is 0 Å². The van der Waals surface area contributed by atoms with Crippen LogP contribution >= 0.6 is 11.6 Å². The lowest BCUT2D eigenvalue weighted by molar-refractivity contribution is 0.283. The van der Waals surface area contributed by atoms with Gasteiger partial charge in [-0.25, -0.2) is 0 Å². The van der Waals surface area contributed by atoms with Crippen molar-refractivity contribution in [2.75, 3.05) is 0 Å². The van der Waals surface area contributed by atoms with Gasteiger partial charge in [-0.1, -0.05) is 23.7 Å². The van der Waals surface area contributed by atoms with Crippen molar-refractivity contribution < 1.29 is 5.11 Å². The molecule has 0 unspecified atom stereocenters. The molecule has 0 atom stereocenters. The van der Waals surface area contributed by atoms with Gasteiger partial charge in [-0.15, -0.1) is 0 Å². The number of aryl methyl sites for hydroxylation is 2. The third-order valence-corrected chi connectivity index (χ3v) is 3.67. The van der Waals surface area contributed by atoms with Crippen molar-refractivity contribution in [3.8, 4) is 0 Å². The molecule has 0 aliphatic heterocycles. The third kappa shape index (κ3) is 2.55. The van der Waals surface area contributed by atoms with Gasteiger partial charge in [0.1, 0.15) is 0 Å². The Kier molecular flexibility index (Phi) is 3.72. The number of hydrogen-bond acceptors (Lipinski definition) is 2. The molecule has 3 nitrogen and oxygen atoms in total. The Hall–Kier alpha value is -1.84. The van der Waals surface area contributed by atoms with Gasteiger partial charge in [-0.3, -0.25) is 4.98 Å². The first-order valence-corrected chi connectivity index (χ1v) is 6.94. The lowest BCUT2D eigenvalue weighted by Gasteiger charge is -2.05. The van der Waals surface area contributed by atoms with E-state index in [9.17, 15) is 5.11 Å². The van der Waals surface area contributed by atoms with Crippen molar-refractivity contribution >= 4 is 22.5 Å². The number of fused-ring (bicyclic) bond motifs is 1. The van der Waals surface area contributed by atoms with Crippen molar-refractivity contribution in [1.82, 2.24) is 9.55 Å². The van der Waals surface area contributed by atoms with E-state index in [1.54, 1.807) is 6.20 Å². The van der Waals surface area contributed by atoms with Gasteiger partial charge in [0.25, 0.3) is 0 Å². The zero-order chi connectivity index (χ0) is 13.9. The van der Waals surface area contributed by atoms with Crippen molar-refractivity contribution in [2.45, 2.75) is 19.6 Å². The summed E-state index contributed by atoms with van der Waals surface area (Å²) < 4.78 is 2.13. The number of aromatic nitrogens is 2. The minimum Gasteiger partial charge on any atom is -0.392 e. The monoisotopic (exact) mass is 286 g/mol. The standard InChI is InChI=1S/C16H15ClN2O/c17-13-4-5-15-12(11-20)10-19(16(15)9-13)8-6-14-3-1-2-7-18-14/h1-5,7,9-10,20H,6,8,11H2. The number of aliphatic hydroxyl groups excluding tert-OH is 1. The molecule has 0 amide bonds. The van der Waals surface area contributed by atoms with E-state index in [-0.39, 0.29) is 6.61 Å². The summed E-state index contributed by atoms with van der Waals surface area (Å²) >= 11 is 6.07. The zero-order valence-corrected chi connectivity index (χ0v) is 11.7. The fraction of sp³-hybridized carbons (Fsp3) is 0.188. The molecule has 1 aromatic carbocycles. The highest BCUT2D eigenvalue weighted by Gasteiger charge is 2.08. The number of aliphatic hydroxyl groups is 1. The highest BCUT2D eigenvalue weighted by molar-refractivity contribution is 6.31. The van der Waals surface area contributed by atoms with Crippen molar-refractivity contribution in [3.05, 3.63) is 65.1 Å². The molecule has 1 N–H and O–H groups in total. The third-order valence-electron chi connectivity index (χ3n) is 3.43. The highest BCUT2D eigenvalue weighted by atomic mass is 35.5. The van der Waals surface area contributed by atoms with Crippen molar-refractivity contribution in [1.29, 1.82) is 0 Å². The number of rotatable bonds is 4. The predicted molar refractivity (Wildman–Crippen MR) is 80.8 cm³/mol. The first kappa shape index (κ1) is 13.2. The number of nitrogens with zero attached hydrogens (tertiary/aromatic N) is 2. The molecular weight excluding hydrogens is 272 g/mol. The van der Waals surface area contributed by atoms with E-state index in [0.717, 1.165) is 35.1 Å². The average molecular weight is 287 g/mol. The number of benzene rings is 1. The SMILES string of the molecule is OCc1cn(CCc2ccccn2)c2cc(Cl)ccc12. The van der Waals surface area contributed by atoms with Crippen LogP contribution in [0.2, 0.25) is 5.02 Å². The Labute approximate surface area is 122 Å². The number of halogens is 1. The van der Waals surface area contributed by atoms with E-state index >= 15 is 0 Å². The number of hydrogen-bond donors (Lipinski definition) is 1. The maximum atomic E-state index is 9.44. The van der Waals surface area contributed by atoms with Gasteiger partial charge >= 0.3 is 0 Å². The Balaban J connectivity index is 1.93. The highest BCUT2D eigenvalue weighted by Crippen LogP contribution is 2.25. The van der Waals surface area contributed by atoms with Gasteiger partial charge in [-0.05, 0) is 24.3 Å². The summed E-state index contributed by atoms with van der Waals surface area (Å²) in [5.41, 5.74) is 3.04. The average Bonchev–Trinajstić information content (AvgIpc) is 2.83. The Morgan fingerprint density at radius 1 is 1.20 bits per heavy atom. The molecule has 0 spiro atoms. The fourth-order valence-electron chi connectivity index (χ4n) is 2.43. The first-order chi connectivity index (χ1) is 9.78. The van der Waals surface area contributed by atoms with Crippen molar-refractivity contribution in [2.24, 2.45) is 0 Å². The minimum atomic E-state index is 0.0364. The maximum absolute atomic E-state index is 9.44. The molecule has 0 fully saturated rings. The van der Waals surface area contributed by atoms with Crippen LogP contribution in [0.3, 0.4) is 0 Å². The van der Waals surface area contributed by atoms with Gasteiger partial charge in [0.15, 0.2) is 0 Å². The van der Waals surface area contributed by atoms with E-state index in [0.29, 0.717) is 5.02 Å². The van der Waals surface area contributed by atoms with Crippen LogP contribution in [0.4, 0.5) is 0 Å². The summed E-state index contributed by atoms with van der Waals surface area (Å²) in [6.45, 7) is 0.850. The minimum absolute atomic E-state index is 0.0364. The summed E-state index contributed by atoms with van der Waals surface area (Å²) in [5, 5.41) is 11.2. The van der Waals surface area contributed by atoms with Gasteiger partial charge in [0, 0.05) is 52.5 Å². The van der Waals surface area contributed by atoms with E-state index in [1.165, 1.54) is 0 Å². The van der Waals surface area contributed by atoms with Gasteiger partial charge in [-0.2, -0.15) is 0 Å². The molecule has 4 heteroatoms. The molecule has 0 aliphatic carbocycles. The second-order valence-electron chi connectivity index (χ2n) is 4.74. The Morgan fingerprint density at radius 3 is 2.85 bits per heavy atom. The summed E-state index contributed by atoms with van der Waals surface area (Å²) in [6, 6.07) is 11.7. The quantitative estimate of drug-likeness (QED) is 0.798. The molecule has 0 bridgehead atoms. The number of pyridine rings is 1. The molecule has 0 saturated heterocycles. The normalized spacial score (nSPS) is 11.1. The van der Waals surface area contributed by atoms with E-state index in [1.807, 2.05) is 42.6 Å². The van der Waals surface area contributed by atoms with Crippen LogP contribution in [-0.4, -0.2) is 14.7 Å². The van der Waals surface area contributed by atoms with Crippen LogP contribution in [0.25, 0.3) is 10.9 Å². The summed E-state index contributed by atoms with van der Waals surface area (Å²) in [5.74, 6) is 0. The van der Waals surface area contributed by atoms with Crippen LogP contribution in [0.5, 0.6) is 0 Å². The topological polar surface area (TPSA) is 38.0 Å². The molecule has 3 rings (SSSR count). The van der Waals surface area contributed by atoms with Crippen LogP contribution in [-0.2, 0) is 19.6 Å². The molecule has 0 saturated carbocycles. The summed E-state index contributed by atoms with van der Waals surface area (Å²) in [6.07, 6.45) is 4.64.